The van der Waals surface area contributed by atoms with Crippen LogP contribution in [0.1, 0.15) is 21.5 Å². The molecule has 3 nitrogen and oxygen atoms in total. The Kier molecular flexibility index (Phi) is 4.96. The van der Waals surface area contributed by atoms with Gasteiger partial charge in [-0.05, 0) is 55.3 Å². The standard InChI is InChI=1S/C20H18N2OS/c1-14-10-11-15(2)18(13-14)22-19(23)17-9-6-12-21-20(17)24-16-7-4-3-5-8-16/h3-13H,1-2H3,(H,22,23). The second-order valence-corrected chi connectivity index (χ2v) is 6.61. The predicted molar refractivity (Wildman–Crippen MR) is 98.7 cm³/mol. The van der Waals surface area contributed by atoms with Gasteiger partial charge in [0.25, 0.3) is 5.91 Å². The molecular formula is C20H18N2OS. The van der Waals surface area contributed by atoms with Crippen LogP contribution in [-0.2, 0) is 0 Å². The van der Waals surface area contributed by atoms with Gasteiger partial charge < -0.3 is 5.32 Å². The predicted octanol–water partition coefficient (Wildman–Crippen LogP) is 5.10. The molecule has 0 bridgehead atoms. The van der Waals surface area contributed by atoms with Gasteiger partial charge in [-0.3, -0.25) is 4.79 Å². The van der Waals surface area contributed by atoms with Crippen LogP contribution < -0.4 is 5.32 Å². The Hall–Kier alpha value is -2.59. The molecule has 0 unspecified atom stereocenters. The van der Waals surface area contributed by atoms with Gasteiger partial charge in [-0.1, -0.05) is 42.1 Å². The number of nitrogens with zero attached hydrogens (tertiary/aromatic N) is 1. The molecule has 1 heterocycles. The van der Waals surface area contributed by atoms with E-state index in [9.17, 15) is 4.79 Å². The van der Waals surface area contributed by atoms with Gasteiger partial charge in [0.05, 0.1) is 5.56 Å². The van der Waals surface area contributed by atoms with Crippen molar-refractivity contribution >= 4 is 23.4 Å². The van der Waals surface area contributed by atoms with Crippen LogP contribution in [0.3, 0.4) is 0 Å². The first-order valence-corrected chi connectivity index (χ1v) is 8.51. The van der Waals surface area contributed by atoms with Crippen molar-refractivity contribution in [3.63, 3.8) is 0 Å². The summed E-state index contributed by atoms with van der Waals surface area (Å²) in [4.78, 5) is 18.2. The molecule has 1 aromatic heterocycles. The first kappa shape index (κ1) is 16.3. The number of hydrogen-bond acceptors (Lipinski definition) is 3. The van der Waals surface area contributed by atoms with Crippen LogP contribution in [0.25, 0.3) is 0 Å². The summed E-state index contributed by atoms with van der Waals surface area (Å²) in [7, 11) is 0. The Balaban J connectivity index is 1.86. The average Bonchev–Trinajstić information content (AvgIpc) is 2.59. The molecule has 0 fully saturated rings. The molecule has 2 aromatic carbocycles. The largest absolute Gasteiger partial charge is 0.322 e. The van der Waals surface area contributed by atoms with Crippen molar-refractivity contribution in [1.82, 2.24) is 4.98 Å². The van der Waals surface area contributed by atoms with Crippen molar-refractivity contribution < 1.29 is 4.79 Å². The quantitative estimate of drug-likeness (QED) is 0.721. The normalized spacial score (nSPS) is 10.4. The number of hydrogen-bond donors (Lipinski definition) is 1. The number of aromatic nitrogens is 1. The number of nitrogens with one attached hydrogen (secondary N) is 1. The lowest BCUT2D eigenvalue weighted by Crippen LogP contribution is -2.14. The number of anilines is 1. The summed E-state index contributed by atoms with van der Waals surface area (Å²) in [6.45, 7) is 3.99. The lowest BCUT2D eigenvalue weighted by molar-refractivity contribution is 0.102. The van der Waals surface area contributed by atoms with Crippen molar-refractivity contribution in [3.05, 3.63) is 83.6 Å². The number of pyridine rings is 1. The fourth-order valence-corrected chi connectivity index (χ4v) is 3.21. The molecule has 0 saturated heterocycles. The molecule has 3 rings (SSSR count). The fourth-order valence-electron chi connectivity index (χ4n) is 2.31. The van der Waals surface area contributed by atoms with E-state index in [0.29, 0.717) is 10.6 Å². The second kappa shape index (κ2) is 7.32. The smallest absolute Gasteiger partial charge is 0.258 e. The maximum absolute atomic E-state index is 12.7. The van der Waals surface area contributed by atoms with Crippen molar-refractivity contribution in [1.29, 1.82) is 0 Å². The lowest BCUT2D eigenvalue weighted by Gasteiger charge is -2.11. The highest BCUT2D eigenvalue weighted by molar-refractivity contribution is 7.99. The minimum absolute atomic E-state index is 0.143. The molecule has 0 saturated carbocycles. The summed E-state index contributed by atoms with van der Waals surface area (Å²) >= 11 is 1.49. The fraction of sp³-hybridized carbons (Fsp3) is 0.100. The molecule has 0 atom stereocenters. The van der Waals surface area contributed by atoms with Gasteiger partial charge in [0.2, 0.25) is 0 Å². The third-order valence-electron chi connectivity index (χ3n) is 3.61. The number of carbonyl (C=O) groups excluding carboxylic acids is 1. The van der Waals surface area contributed by atoms with Gasteiger partial charge in [-0.15, -0.1) is 0 Å². The summed E-state index contributed by atoms with van der Waals surface area (Å²) in [6.07, 6.45) is 1.71. The molecule has 0 aliphatic carbocycles. The van der Waals surface area contributed by atoms with E-state index in [0.717, 1.165) is 21.7 Å². The minimum atomic E-state index is -0.143. The third-order valence-corrected chi connectivity index (χ3v) is 4.64. The number of benzene rings is 2. The van der Waals surface area contributed by atoms with Crippen LogP contribution in [0.5, 0.6) is 0 Å². The molecule has 0 aliphatic rings. The SMILES string of the molecule is Cc1ccc(C)c(NC(=O)c2cccnc2Sc2ccccc2)c1. The highest BCUT2D eigenvalue weighted by Crippen LogP contribution is 2.29. The Morgan fingerprint density at radius 3 is 2.58 bits per heavy atom. The molecule has 24 heavy (non-hydrogen) atoms. The summed E-state index contributed by atoms with van der Waals surface area (Å²) in [5.41, 5.74) is 3.56. The Morgan fingerprint density at radius 2 is 1.79 bits per heavy atom. The van der Waals surface area contributed by atoms with Crippen molar-refractivity contribution in [2.75, 3.05) is 5.32 Å². The summed E-state index contributed by atoms with van der Waals surface area (Å²) in [5, 5.41) is 3.70. The van der Waals surface area contributed by atoms with Crippen LogP contribution in [0.4, 0.5) is 5.69 Å². The van der Waals surface area contributed by atoms with E-state index in [1.165, 1.54) is 11.8 Å². The molecule has 1 amide bonds. The van der Waals surface area contributed by atoms with Crippen LogP contribution in [0.2, 0.25) is 0 Å². The van der Waals surface area contributed by atoms with Gasteiger partial charge in [-0.25, -0.2) is 4.98 Å². The molecule has 3 aromatic rings. The van der Waals surface area contributed by atoms with Gasteiger partial charge in [0.1, 0.15) is 5.03 Å². The number of rotatable bonds is 4. The van der Waals surface area contributed by atoms with Gasteiger partial charge in [-0.2, -0.15) is 0 Å². The van der Waals surface area contributed by atoms with Crippen LogP contribution >= 0.6 is 11.8 Å². The summed E-state index contributed by atoms with van der Waals surface area (Å²) < 4.78 is 0. The number of carbonyl (C=O) groups is 1. The van der Waals surface area contributed by atoms with E-state index in [4.69, 9.17) is 0 Å². The van der Waals surface area contributed by atoms with Gasteiger partial charge in [0.15, 0.2) is 0 Å². The molecule has 4 heteroatoms. The third kappa shape index (κ3) is 3.84. The monoisotopic (exact) mass is 334 g/mol. The summed E-state index contributed by atoms with van der Waals surface area (Å²) in [5.74, 6) is -0.143. The maximum atomic E-state index is 12.7. The topological polar surface area (TPSA) is 42.0 Å². The zero-order chi connectivity index (χ0) is 16.9. The van der Waals surface area contributed by atoms with E-state index in [1.54, 1.807) is 18.3 Å². The molecule has 1 N–H and O–H groups in total. The molecule has 0 spiro atoms. The molecule has 0 radical (unpaired) electrons. The van der Waals surface area contributed by atoms with E-state index in [1.807, 2.05) is 62.4 Å². The first-order valence-electron chi connectivity index (χ1n) is 7.70. The Bertz CT molecular complexity index is 863. The van der Waals surface area contributed by atoms with E-state index < -0.39 is 0 Å². The number of aryl methyl sites for hydroxylation is 2. The number of amides is 1. The van der Waals surface area contributed by atoms with Crippen LogP contribution in [0.15, 0.2) is 76.8 Å². The highest BCUT2D eigenvalue weighted by Gasteiger charge is 2.14. The molecule has 120 valence electrons. The average molecular weight is 334 g/mol. The second-order valence-electron chi connectivity index (χ2n) is 5.54. The zero-order valence-corrected chi connectivity index (χ0v) is 14.4. The van der Waals surface area contributed by atoms with E-state index in [-0.39, 0.29) is 5.91 Å². The maximum Gasteiger partial charge on any atom is 0.258 e. The first-order chi connectivity index (χ1) is 11.6. The van der Waals surface area contributed by atoms with Crippen molar-refractivity contribution in [3.8, 4) is 0 Å². The van der Waals surface area contributed by atoms with E-state index >= 15 is 0 Å². The Labute approximate surface area is 146 Å². The van der Waals surface area contributed by atoms with E-state index in [2.05, 4.69) is 10.3 Å². The molecule has 0 aliphatic heterocycles. The summed E-state index contributed by atoms with van der Waals surface area (Å²) in [6, 6.07) is 19.5. The van der Waals surface area contributed by atoms with Crippen LogP contribution in [0, 0.1) is 13.8 Å². The highest BCUT2D eigenvalue weighted by atomic mass is 32.2. The van der Waals surface area contributed by atoms with Gasteiger partial charge >= 0.3 is 0 Å². The minimum Gasteiger partial charge on any atom is -0.322 e. The van der Waals surface area contributed by atoms with Crippen molar-refractivity contribution in [2.24, 2.45) is 0 Å². The Morgan fingerprint density at radius 1 is 1.00 bits per heavy atom. The van der Waals surface area contributed by atoms with Crippen molar-refractivity contribution in [2.45, 2.75) is 23.8 Å². The van der Waals surface area contributed by atoms with Gasteiger partial charge in [0, 0.05) is 16.8 Å². The molecular weight excluding hydrogens is 316 g/mol. The zero-order valence-electron chi connectivity index (χ0n) is 13.6. The lowest BCUT2D eigenvalue weighted by atomic mass is 10.1. The van der Waals surface area contributed by atoms with Crippen LogP contribution in [-0.4, -0.2) is 10.9 Å².